The van der Waals surface area contributed by atoms with E-state index in [0.29, 0.717) is 12.8 Å². The highest BCUT2D eigenvalue weighted by Gasteiger charge is 2.34. The van der Waals surface area contributed by atoms with E-state index in [1.54, 1.807) is 0 Å². The van der Waals surface area contributed by atoms with E-state index in [2.05, 4.69) is 10.0 Å². The van der Waals surface area contributed by atoms with Gasteiger partial charge in [0.1, 0.15) is 4.90 Å². The largest absolute Gasteiger partial charge is 0.418 e. The first-order valence-corrected chi connectivity index (χ1v) is 11.2. The van der Waals surface area contributed by atoms with E-state index in [4.69, 9.17) is 23.2 Å². The number of carbonyl (C=O) groups is 1. The molecular formula is C19H17Cl2F3N2O3S. The SMILES string of the molecule is O=C(Nc1ccccc1C(F)(F)F)c1cc(S(=O)(=O)NC2CCCC2)c(Cl)cc1Cl. The Labute approximate surface area is 181 Å². The molecule has 1 aliphatic carbocycles. The fourth-order valence-corrected chi connectivity index (χ4v) is 5.43. The third kappa shape index (κ3) is 5.08. The van der Waals surface area contributed by atoms with Crippen molar-refractivity contribution in [1.29, 1.82) is 0 Å². The van der Waals surface area contributed by atoms with Crippen molar-refractivity contribution >= 4 is 44.8 Å². The van der Waals surface area contributed by atoms with Gasteiger partial charge in [0, 0.05) is 6.04 Å². The van der Waals surface area contributed by atoms with E-state index >= 15 is 0 Å². The van der Waals surface area contributed by atoms with E-state index in [1.807, 2.05) is 0 Å². The lowest BCUT2D eigenvalue weighted by atomic mass is 10.1. The molecular weight excluding hydrogens is 464 g/mol. The number of halogens is 5. The molecule has 0 radical (unpaired) electrons. The third-order valence-electron chi connectivity index (χ3n) is 4.71. The van der Waals surface area contributed by atoms with Crippen LogP contribution in [0.25, 0.3) is 0 Å². The monoisotopic (exact) mass is 480 g/mol. The fourth-order valence-electron chi connectivity index (χ4n) is 3.26. The van der Waals surface area contributed by atoms with Gasteiger partial charge in [0.05, 0.1) is 26.9 Å². The Hall–Kier alpha value is -1.81. The van der Waals surface area contributed by atoms with E-state index in [1.165, 1.54) is 12.1 Å². The zero-order valence-corrected chi connectivity index (χ0v) is 17.7. The molecule has 0 aliphatic heterocycles. The number of benzene rings is 2. The van der Waals surface area contributed by atoms with Crippen LogP contribution in [-0.2, 0) is 16.2 Å². The Morgan fingerprint density at radius 3 is 2.30 bits per heavy atom. The van der Waals surface area contributed by atoms with E-state index in [9.17, 15) is 26.4 Å². The van der Waals surface area contributed by atoms with Crippen molar-refractivity contribution < 1.29 is 26.4 Å². The second kappa shape index (κ2) is 8.74. The Balaban J connectivity index is 1.93. The molecule has 0 spiro atoms. The summed E-state index contributed by atoms with van der Waals surface area (Å²) in [6.45, 7) is 0. The molecule has 162 valence electrons. The molecule has 0 unspecified atom stereocenters. The molecule has 1 amide bonds. The van der Waals surface area contributed by atoms with Gasteiger partial charge in [-0.05, 0) is 37.1 Å². The highest BCUT2D eigenvalue weighted by Crippen LogP contribution is 2.35. The predicted octanol–water partition coefficient (Wildman–Crippen LogP) is 5.49. The lowest BCUT2D eigenvalue weighted by molar-refractivity contribution is -0.136. The maximum atomic E-state index is 13.2. The lowest BCUT2D eigenvalue weighted by Gasteiger charge is -2.16. The number of anilines is 1. The lowest BCUT2D eigenvalue weighted by Crippen LogP contribution is -2.33. The predicted molar refractivity (Wildman–Crippen MR) is 108 cm³/mol. The molecule has 5 nitrogen and oxygen atoms in total. The first kappa shape index (κ1) is 22.9. The van der Waals surface area contributed by atoms with Gasteiger partial charge in [-0.2, -0.15) is 13.2 Å². The smallest absolute Gasteiger partial charge is 0.321 e. The highest BCUT2D eigenvalue weighted by molar-refractivity contribution is 7.89. The van der Waals surface area contributed by atoms with Crippen LogP contribution in [0.3, 0.4) is 0 Å². The minimum absolute atomic E-state index is 0.193. The van der Waals surface area contributed by atoms with Crippen LogP contribution >= 0.6 is 23.2 Å². The third-order valence-corrected chi connectivity index (χ3v) is 7.01. The standard InChI is InChI=1S/C19H17Cl2F3N2O3S/c20-14-10-15(21)17(30(28,29)26-11-5-1-2-6-11)9-12(14)18(27)25-16-8-4-3-7-13(16)19(22,23)24/h3-4,7-11,26H,1-2,5-6H2,(H,25,27). The second-order valence-corrected chi connectivity index (χ2v) is 9.36. The Morgan fingerprint density at radius 1 is 1.03 bits per heavy atom. The van der Waals surface area contributed by atoms with Crippen molar-refractivity contribution in [2.45, 2.75) is 42.8 Å². The summed E-state index contributed by atoms with van der Waals surface area (Å²) in [4.78, 5) is 12.3. The quantitative estimate of drug-likeness (QED) is 0.594. The van der Waals surface area contributed by atoms with Crippen molar-refractivity contribution in [2.75, 3.05) is 5.32 Å². The van der Waals surface area contributed by atoms with Gasteiger partial charge in [0.2, 0.25) is 10.0 Å². The number of sulfonamides is 1. The molecule has 0 heterocycles. The van der Waals surface area contributed by atoms with E-state index < -0.39 is 33.4 Å². The average molecular weight is 481 g/mol. The molecule has 11 heteroatoms. The normalized spacial score (nSPS) is 15.4. The summed E-state index contributed by atoms with van der Waals surface area (Å²) in [7, 11) is -4.05. The van der Waals surface area contributed by atoms with Gasteiger partial charge in [-0.15, -0.1) is 0 Å². The van der Waals surface area contributed by atoms with Crippen LogP contribution in [0.2, 0.25) is 10.0 Å². The summed E-state index contributed by atoms with van der Waals surface area (Å²) < 4.78 is 67.5. The van der Waals surface area contributed by atoms with Gasteiger partial charge in [0.15, 0.2) is 0 Å². The molecule has 0 bridgehead atoms. The van der Waals surface area contributed by atoms with E-state index in [-0.39, 0.29) is 26.5 Å². The summed E-state index contributed by atoms with van der Waals surface area (Å²) in [6.07, 6.45) is -1.52. The second-order valence-electron chi connectivity index (χ2n) is 6.86. The van der Waals surface area contributed by atoms with Crippen LogP contribution in [0.1, 0.15) is 41.6 Å². The highest BCUT2D eigenvalue weighted by atomic mass is 35.5. The topological polar surface area (TPSA) is 75.3 Å². The van der Waals surface area contributed by atoms with Crippen LogP contribution in [0.15, 0.2) is 41.3 Å². The van der Waals surface area contributed by atoms with Crippen LogP contribution in [0, 0.1) is 0 Å². The summed E-state index contributed by atoms with van der Waals surface area (Å²) in [5.74, 6) is -0.995. The molecule has 1 saturated carbocycles. The maximum absolute atomic E-state index is 13.2. The Kier molecular flexibility index (Phi) is 6.66. The summed E-state index contributed by atoms with van der Waals surface area (Å²) >= 11 is 12.1. The number of carbonyl (C=O) groups excluding carboxylic acids is 1. The number of alkyl halides is 3. The molecule has 0 aromatic heterocycles. The number of hydrogen-bond acceptors (Lipinski definition) is 3. The molecule has 2 aromatic rings. The summed E-state index contributed by atoms with van der Waals surface area (Å²) in [5.41, 5.74) is -1.83. The van der Waals surface area contributed by atoms with Crippen molar-refractivity contribution in [2.24, 2.45) is 0 Å². The Morgan fingerprint density at radius 2 is 1.67 bits per heavy atom. The van der Waals surface area contributed by atoms with Gasteiger partial charge in [-0.1, -0.05) is 48.2 Å². The number of rotatable bonds is 5. The van der Waals surface area contributed by atoms with Crippen LogP contribution in [-0.4, -0.2) is 20.4 Å². The van der Waals surface area contributed by atoms with Crippen molar-refractivity contribution in [3.05, 3.63) is 57.6 Å². The van der Waals surface area contributed by atoms with E-state index in [0.717, 1.165) is 37.1 Å². The van der Waals surface area contributed by atoms with Gasteiger partial charge >= 0.3 is 6.18 Å². The maximum Gasteiger partial charge on any atom is 0.418 e. The minimum Gasteiger partial charge on any atom is -0.321 e. The van der Waals surface area contributed by atoms with Crippen molar-refractivity contribution in [3.8, 4) is 0 Å². The van der Waals surface area contributed by atoms with Crippen LogP contribution in [0.5, 0.6) is 0 Å². The number of hydrogen-bond donors (Lipinski definition) is 2. The molecule has 1 fully saturated rings. The molecule has 0 atom stereocenters. The Bertz CT molecular complexity index is 1070. The summed E-state index contributed by atoms with van der Waals surface area (Å²) in [5, 5.41) is 1.75. The van der Waals surface area contributed by atoms with Gasteiger partial charge in [0.25, 0.3) is 5.91 Å². The number of para-hydroxylation sites is 1. The first-order valence-electron chi connectivity index (χ1n) is 8.98. The van der Waals surface area contributed by atoms with Gasteiger partial charge < -0.3 is 5.32 Å². The van der Waals surface area contributed by atoms with Gasteiger partial charge in [-0.25, -0.2) is 13.1 Å². The zero-order valence-electron chi connectivity index (χ0n) is 15.4. The molecule has 2 N–H and O–H groups in total. The molecule has 2 aromatic carbocycles. The first-order chi connectivity index (χ1) is 14.0. The molecule has 0 saturated heterocycles. The average Bonchev–Trinajstić information content (AvgIpc) is 3.13. The number of nitrogens with one attached hydrogen (secondary N) is 2. The van der Waals surface area contributed by atoms with Crippen LogP contribution in [0.4, 0.5) is 18.9 Å². The molecule has 30 heavy (non-hydrogen) atoms. The van der Waals surface area contributed by atoms with Crippen molar-refractivity contribution in [3.63, 3.8) is 0 Å². The fraction of sp³-hybridized carbons (Fsp3) is 0.316. The number of amides is 1. The van der Waals surface area contributed by atoms with Gasteiger partial charge in [-0.3, -0.25) is 4.79 Å². The zero-order chi connectivity index (χ0) is 22.1. The molecule has 3 rings (SSSR count). The summed E-state index contributed by atoms with van der Waals surface area (Å²) in [6, 6.07) is 6.23. The minimum atomic E-state index is -4.69. The van der Waals surface area contributed by atoms with Crippen LogP contribution < -0.4 is 10.0 Å². The molecule has 1 aliphatic rings. The van der Waals surface area contributed by atoms with Crippen molar-refractivity contribution in [1.82, 2.24) is 4.72 Å².